The highest BCUT2D eigenvalue weighted by Crippen LogP contribution is 2.39. The fraction of sp³-hybridized carbons (Fsp3) is 0.833. The molecule has 0 bridgehead atoms. The van der Waals surface area contributed by atoms with Gasteiger partial charge in [-0.2, -0.15) is 5.10 Å². The number of ether oxygens (including phenoxy) is 1. The molecule has 178 valence electrons. The number of likely N-dealkylation sites (N-methyl/N-ethyl adjacent to an activating group) is 2. The fourth-order valence-corrected chi connectivity index (χ4v) is 4.15. The second-order valence-electron chi connectivity index (χ2n) is 10.8. The van der Waals surface area contributed by atoms with E-state index >= 15 is 0 Å². The molecule has 0 aromatic carbocycles. The van der Waals surface area contributed by atoms with Gasteiger partial charge in [0.05, 0.1) is 24.8 Å². The molecule has 0 saturated heterocycles. The Morgan fingerprint density at radius 3 is 2.74 bits per heavy atom. The summed E-state index contributed by atoms with van der Waals surface area (Å²) in [7, 11) is 4.11. The summed E-state index contributed by atoms with van der Waals surface area (Å²) in [5.41, 5.74) is 2.51. The summed E-state index contributed by atoms with van der Waals surface area (Å²) >= 11 is 0. The predicted octanol–water partition coefficient (Wildman–Crippen LogP) is 3.15. The molecule has 0 spiro atoms. The van der Waals surface area contributed by atoms with Gasteiger partial charge in [-0.25, -0.2) is 0 Å². The Kier molecular flexibility index (Phi) is 9.97. The Balaban J connectivity index is 2.10. The van der Waals surface area contributed by atoms with E-state index in [1.54, 1.807) is 0 Å². The first kappa shape index (κ1) is 25.8. The van der Waals surface area contributed by atoms with Crippen LogP contribution in [0.5, 0.6) is 0 Å². The zero-order valence-corrected chi connectivity index (χ0v) is 20.8. The highest BCUT2D eigenvalue weighted by atomic mass is 16.5. The number of nitrogens with one attached hydrogen (secondary N) is 3. The number of hydrogen-bond acceptors (Lipinski definition) is 5. The van der Waals surface area contributed by atoms with E-state index < -0.39 is 0 Å². The van der Waals surface area contributed by atoms with Crippen LogP contribution in [0.4, 0.5) is 0 Å². The van der Waals surface area contributed by atoms with Crippen molar-refractivity contribution in [3.8, 4) is 0 Å². The van der Waals surface area contributed by atoms with E-state index in [4.69, 9.17) is 4.74 Å². The van der Waals surface area contributed by atoms with E-state index in [9.17, 15) is 4.79 Å². The lowest BCUT2D eigenvalue weighted by atomic mass is 9.76. The molecule has 3 N–H and O–H groups in total. The van der Waals surface area contributed by atoms with Crippen molar-refractivity contribution in [3.05, 3.63) is 17.5 Å². The molecule has 7 nitrogen and oxygen atoms in total. The lowest BCUT2D eigenvalue weighted by molar-refractivity contribution is -0.134. The Morgan fingerprint density at radius 1 is 1.35 bits per heavy atom. The van der Waals surface area contributed by atoms with Crippen LogP contribution < -0.4 is 10.6 Å². The Hall–Kier alpha value is -1.44. The number of carbonyl (C=O) groups excluding carboxylic acids is 1. The molecule has 1 saturated carbocycles. The van der Waals surface area contributed by atoms with E-state index in [0.717, 1.165) is 38.9 Å². The molecule has 1 aliphatic rings. The molecular formula is C24H45N5O2. The van der Waals surface area contributed by atoms with Gasteiger partial charge in [0.15, 0.2) is 0 Å². The maximum absolute atomic E-state index is 13.1. The van der Waals surface area contributed by atoms with Gasteiger partial charge in [-0.05, 0) is 44.7 Å². The van der Waals surface area contributed by atoms with Crippen LogP contribution in [0.3, 0.4) is 0 Å². The minimum Gasteiger partial charge on any atom is -0.377 e. The summed E-state index contributed by atoms with van der Waals surface area (Å²) in [5.74, 6) is 0.742. The normalized spacial score (nSPS) is 22.3. The Labute approximate surface area is 189 Å². The van der Waals surface area contributed by atoms with Crippen molar-refractivity contribution in [2.45, 2.75) is 72.4 Å². The van der Waals surface area contributed by atoms with E-state index in [1.165, 1.54) is 11.3 Å². The molecule has 1 heterocycles. The number of rotatable bonds is 11. The predicted molar refractivity (Wildman–Crippen MR) is 126 cm³/mol. The number of nitrogens with zero attached hydrogens (tertiary/aromatic N) is 2. The lowest BCUT2D eigenvalue weighted by Gasteiger charge is -2.36. The van der Waals surface area contributed by atoms with Gasteiger partial charge < -0.3 is 20.3 Å². The van der Waals surface area contributed by atoms with Gasteiger partial charge in [0.25, 0.3) is 0 Å². The molecule has 0 radical (unpaired) electrons. The Bertz CT molecular complexity index is 667. The van der Waals surface area contributed by atoms with Gasteiger partial charge >= 0.3 is 0 Å². The van der Waals surface area contributed by atoms with Gasteiger partial charge in [-0.1, -0.05) is 34.6 Å². The second kappa shape index (κ2) is 12.0. The van der Waals surface area contributed by atoms with Crippen molar-refractivity contribution in [3.63, 3.8) is 0 Å². The van der Waals surface area contributed by atoms with Crippen LogP contribution >= 0.6 is 0 Å². The third-order valence-corrected chi connectivity index (χ3v) is 5.88. The van der Waals surface area contributed by atoms with Crippen LogP contribution in [0.2, 0.25) is 0 Å². The smallest absolute Gasteiger partial charge is 0.225 e. The van der Waals surface area contributed by atoms with Crippen LogP contribution in [0.25, 0.3) is 0 Å². The van der Waals surface area contributed by atoms with Gasteiger partial charge in [-0.15, -0.1) is 0 Å². The van der Waals surface area contributed by atoms with E-state index in [1.807, 2.05) is 13.2 Å². The Morgan fingerprint density at radius 2 is 2.10 bits per heavy atom. The van der Waals surface area contributed by atoms with Crippen LogP contribution in [0.15, 0.2) is 6.20 Å². The van der Waals surface area contributed by atoms with Crippen molar-refractivity contribution in [2.24, 2.45) is 17.3 Å². The van der Waals surface area contributed by atoms with E-state index in [-0.39, 0.29) is 23.3 Å². The number of hydrogen-bond donors (Lipinski definition) is 3. The van der Waals surface area contributed by atoms with Gasteiger partial charge in [0.2, 0.25) is 5.91 Å². The first-order valence-electron chi connectivity index (χ1n) is 11.8. The highest BCUT2D eigenvalue weighted by molar-refractivity contribution is 5.79. The summed E-state index contributed by atoms with van der Waals surface area (Å²) in [4.78, 5) is 15.4. The van der Waals surface area contributed by atoms with Crippen LogP contribution in [-0.2, 0) is 16.1 Å². The van der Waals surface area contributed by atoms with Crippen molar-refractivity contribution in [2.75, 3.05) is 40.3 Å². The maximum Gasteiger partial charge on any atom is 0.225 e. The summed E-state index contributed by atoms with van der Waals surface area (Å²) in [6.07, 6.45) is 4.63. The zero-order chi connectivity index (χ0) is 23.0. The number of aromatic amines is 1. The van der Waals surface area contributed by atoms with Crippen LogP contribution in [-0.4, -0.2) is 67.4 Å². The van der Waals surface area contributed by atoms with Gasteiger partial charge in [-0.3, -0.25) is 9.89 Å². The van der Waals surface area contributed by atoms with Crippen molar-refractivity contribution in [1.29, 1.82) is 0 Å². The molecule has 1 aromatic heterocycles. The average Bonchev–Trinajstić information content (AvgIpc) is 3.16. The summed E-state index contributed by atoms with van der Waals surface area (Å²) in [6.45, 7) is 14.9. The van der Waals surface area contributed by atoms with Gasteiger partial charge in [0.1, 0.15) is 0 Å². The molecule has 1 amide bonds. The molecular weight excluding hydrogens is 390 g/mol. The maximum atomic E-state index is 13.1. The zero-order valence-electron chi connectivity index (χ0n) is 20.8. The van der Waals surface area contributed by atoms with E-state index in [0.29, 0.717) is 25.0 Å². The standard InChI is InChI=1S/C24H45N5O2/c1-17(2)13-26-23(30)20-12-18(8-9-21(20)31-16-24(3,4)5)22-19(14-27-28-22)15-29(7)11-10-25-6/h14,17-18,20-21,25H,8-13,15-16H2,1-7H3,(H,26,30)(H,27,28)/t18-,20?,21+/m1/s1. The third-order valence-electron chi connectivity index (χ3n) is 5.88. The lowest BCUT2D eigenvalue weighted by Crippen LogP contribution is -2.44. The minimum atomic E-state index is -0.127. The third kappa shape index (κ3) is 8.54. The molecule has 1 fully saturated rings. The van der Waals surface area contributed by atoms with Crippen LogP contribution in [0.1, 0.15) is 71.1 Å². The molecule has 1 aliphatic carbocycles. The fourth-order valence-electron chi connectivity index (χ4n) is 4.15. The number of aromatic nitrogens is 2. The topological polar surface area (TPSA) is 82.3 Å². The molecule has 3 atom stereocenters. The number of carbonyl (C=O) groups is 1. The van der Waals surface area contributed by atoms with Crippen molar-refractivity contribution >= 4 is 5.91 Å². The van der Waals surface area contributed by atoms with Crippen molar-refractivity contribution < 1.29 is 9.53 Å². The quantitative estimate of drug-likeness (QED) is 0.497. The van der Waals surface area contributed by atoms with E-state index in [2.05, 4.69) is 67.4 Å². The number of amides is 1. The monoisotopic (exact) mass is 435 g/mol. The molecule has 2 rings (SSSR count). The highest BCUT2D eigenvalue weighted by Gasteiger charge is 2.38. The number of H-pyrrole nitrogens is 1. The molecule has 1 unspecified atom stereocenters. The first-order chi connectivity index (χ1) is 14.6. The summed E-state index contributed by atoms with van der Waals surface area (Å²) < 4.78 is 6.29. The van der Waals surface area contributed by atoms with Crippen molar-refractivity contribution in [1.82, 2.24) is 25.7 Å². The first-order valence-corrected chi connectivity index (χ1v) is 11.8. The molecule has 7 heteroatoms. The minimum absolute atomic E-state index is 0.0210. The largest absolute Gasteiger partial charge is 0.377 e. The SMILES string of the molecule is CNCCN(C)Cc1cn[nH]c1[C@@H]1CC[C@H](OCC(C)(C)C)C(C(=O)NCC(C)C)C1. The molecule has 1 aromatic rings. The molecule has 31 heavy (non-hydrogen) atoms. The summed E-state index contributed by atoms with van der Waals surface area (Å²) in [5, 5.41) is 14.0. The van der Waals surface area contributed by atoms with Gasteiger partial charge in [0, 0.05) is 43.4 Å². The summed E-state index contributed by atoms with van der Waals surface area (Å²) in [6, 6.07) is 0. The van der Waals surface area contributed by atoms with Crippen LogP contribution in [0, 0.1) is 17.3 Å². The molecule has 0 aliphatic heterocycles. The average molecular weight is 436 g/mol. The second-order valence-corrected chi connectivity index (χ2v) is 10.8.